The maximum atomic E-state index is 11.6. The lowest BCUT2D eigenvalue weighted by molar-refractivity contribution is 0.197. The Morgan fingerprint density at radius 3 is 2.67 bits per heavy atom. The number of sulfone groups is 1. The number of aromatic nitrogens is 3. The summed E-state index contributed by atoms with van der Waals surface area (Å²) >= 11 is 5.34. The van der Waals surface area contributed by atoms with Crippen molar-refractivity contribution in [3.05, 3.63) is 34.6 Å². The summed E-state index contributed by atoms with van der Waals surface area (Å²) in [7, 11) is -0.970. The fourth-order valence-corrected chi connectivity index (χ4v) is 4.94. The van der Waals surface area contributed by atoms with Crippen molar-refractivity contribution in [1.82, 2.24) is 19.7 Å². The van der Waals surface area contributed by atoms with Gasteiger partial charge in [0.1, 0.15) is 0 Å². The second-order valence-corrected chi connectivity index (χ2v) is 8.88. The Morgan fingerprint density at radius 1 is 1.38 bits per heavy atom. The van der Waals surface area contributed by atoms with Gasteiger partial charge in [-0.1, -0.05) is 31.2 Å². The summed E-state index contributed by atoms with van der Waals surface area (Å²) in [5.74, 6) is 1.22. The Hall–Kier alpha value is -1.51. The summed E-state index contributed by atoms with van der Waals surface area (Å²) < 4.78 is 25.5. The second-order valence-electron chi connectivity index (χ2n) is 6.29. The first-order valence-electron chi connectivity index (χ1n) is 8.05. The highest BCUT2D eigenvalue weighted by Gasteiger charge is 2.30. The molecule has 1 atom stereocenters. The van der Waals surface area contributed by atoms with Crippen molar-refractivity contribution in [3.63, 3.8) is 0 Å². The minimum absolute atomic E-state index is 0.0347. The van der Waals surface area contributed by atoms with Gasteiger partial charge in [-0.25, -0.2) is 13.1 Å². The van der Waals surface area contributed by atoms with Crippen LogP contribution in [0.15, 0.2) is 24.3 Å². The molecule has 1 aliphatic rings. The van der Waals surface area contributed by atoms with E-state index in [0.29, 0.717) is 17.9 Å². The van der Waals surface area contributed by atoms with E-state index < -0.39 is 9.84 Å². The molecule has 1 fully saturated rings. The lowest BCUT2D eigenvalue weighted by Crippen LogP contribution is -2.34. The van der Waals surface area contributed by atoms with Crippen LogP contribution in [-0.2, 0) is 22.9 Å². The zero-order valence-corrected chi connectivity index (χ0v) is 15.5. The topological polar surface area (TPSA) is 71.0 Å². The van der Waals surface area contributed by atoms with Crippen LogP contribution in [-0.4, -0.2) is 52.7 Å². The van der Waals surface area contributed by atoms with Crippen molar-refractivity contribution in [2.75, 3.05) is 18.6 Å². The van der Waals surface area contributed by atoms with E-state index in [1.54, 1.807) is 4.68 Å². The van der Waals surface area contributed by atoms with Crippen molar-refractivity contribution in [2.45, 2.75) is 32.5 Å². The normalized spacial score (nSPS) is 19.9. The van der Waals surface area contributed by atoms with Gasteiger partial charge in [-0.15, -0.1) is 0 Å². The standard InChI is InChI=1S/C16H22N4O2S2/c1-3-12-4-6-13(7-5-12)15-17-16(23)20(18-15)11-19(2)14-8-9-24(21,22)10-14/h4-7,14H,3,8-11H2,1-2H3,(H,17,18,23)/t14-/m0/s1. The molecule has 8 heteroatoms. The molecule has 1 N–H and O–H groups in total. The number of aryl methyl sites for hydroxylation is 1. The van der Waals surface area contributed by atoms with E-state index in [-0.39, 0.29) is 17.5 Å². The number of benzene rings is 1. The first-order valence-corrected chi connectivity index (χ1v) is 10.3. The van der Waals surface area contributed by atoms with Crippen molar-refractivity contribution in [2.24, 2.45) is 0 Å². The van der Waals surface area contributed by atoms with Gasteiger partial charge in [0.15, 0.2) is 15.7 Å². The van der Waals surface area contributed by atoms with Crippen LogP contribution < -0.4 is 0 Å². The Kier molecular flexibility index (Phi) is 4.89. The van der Waals surface area contributed by atoms with E-state index >= 15 is 0 Å². The number of nitrogens with zero attached hydrogens (tertiary/aromatic N) is 3. The van der Waals surface area contributed by atoms with E-state index in [9.17, 15) is 8.42 Å². The average molecular weight is 367 g/mol. The summed E-state index contributed by atoms with van der Waals surface area (Å²) in [6.07, 6.45) is 1.67. The fraction of sp³-hybridized carbons (Fsp3) is 0.500. The third kappa shape index (κ3) is 3.76. The van der Waals surface area contributed by atoms with Crippen LogP contribution in [0.5, 0.6) is 0 Å². The zero-order chi connectivity index (χ0) is 17.3. The van der Waals surface area contributed by atoms with Crippen LogP contribution in [0.1, 0.15) is 18.9 Å². The molecule has 24 heavy (non-hydrogen) atoms. The van der Waals surface area contributed by atoms with Gasteiger partial charge in [0.05, 0.1) is 18.2 Å². The molecule has 2 aromatic rings. The smallest absolute Gasteiger partial charge is 0.217 e. The number of rotatable bonds is 5. The summed E-state index contributed by atoms with van der Waals surface area (Å²) in [4.78, 5) is 6.44. The predicted octanol–water partition coefficient (Wildman–Crippen LogP) is 2.25. The maximum absolute atomic E-state index is 11.6. The summed E-state index contributed by atoms with van der Waals surface area (Å²) in [5, 5.41) is 3.22. The lowest BCUT2D eigenvalue weighted by Gasteiger charge is -2.22. The molecule has 3 rings (SSSR count). The van der Waals surface area contributed by atoms with Crippen molar-refractivity contribution in [1.29, 1.82) is 0 Å². The summed E-state index contributed by atoms with van der Waals surface area (Å²) in [5.41, 5.74) is 2.27. The van der Waals surface area contributed by atoms with Crippen LogP contribution in [0.25, 0.3) is 11.4 Å². The van der Waals surface area contributed by atoms with Crippen LogP contribution in [0.2, 0.25) is 0 Å². The monoisotopic (exact) mass is 366 g/mol. The molecule has 1 aromatic heterocycles. The Labute approximate surface area is 147 Å². The van der Waals surface area contributed by atoms with Gasteiger partial charge in [-0.2, -0.15) is 4.98 Å². The van der Waals surface area contributed by atoms with E-state index in [4.69, 9.17) is 12.2 Å². The van der Waals surface area contributed by atoms with Crippen LogP contribution >= 0.6 is 12.2 Å². The summed E-state index contributed by atoms with van der Waals surface area (Å²) in [6.45, 7) is 2.62. The number of hydrogen-bond donors (Lipinski definition) is 1. The van der Waals surface area contributed by atoms with Gasteiger partial charge in [-0.05, 0) is 37.7 Å². The van der Waals surface area contributed by atoms with E-state index in [0.717, 1.165) is 17.8 Å². The van der Waals surface area contributed by atoms with Gasteiger partial charge in [0, 0.05) is 11.6 Å². The fourth-order valence-electron chi connectivity index (χ4n) is 2.94. The molecule has 130 valence electrons. The SMILES string of the molecule is CCc1ccc(-c2nc(=S)n(CN(C)[C@H]3CCS(=O)(=O)C3)[nH]2)cc1. The van der Waals surface area contributed by atoms with E-state index in [1.165, 1.54) is 5.56 Å². The second kappa shape index (κ2) is 6.78. The average Bonchev–Trinajstić information content (AvgIpc) is 3.10. The highest BCUT2D eigenvalue weighted by molar-refractivity contribution is 7.91. The molecular weight excluding hydrogens is 344 g/mol. The number of nitrogens with one attached hydrogen (secondary N) is 1. The maximum Gasteiger partial charge on any atom is 0.217 e. The van der Waals surface area contributed by atoms with E-state index in [2.05, 4.69) is 29.1 Å². The first kappa shape index (κ1) is 17.3. The number of hydrogen-bond acceptors (Lipinski definition) is 5. The Morgan fingerprint density at radius 2 is 2.08 bits per heavy atom. The minimum Gasteiger partial charge on any atom is -0.283 e. The third-order valence-electron chi connectivity index (χ3n) is 4.51. The van der Waals surface area contributed by atoms with Crippen LogP contribution in [0, 0.1) is 4.77 Å². The Balaban J connectivity index is 1.75. The molecule has 0 radical (unpaired) electrons. The molecule has 0 spiro atoms. The summed E-state index contributed by atoms with van der Waals surface area (Å²) in [6, 6.07) is 8.27. The van der Waals surface area contributed by atoms with Gasteiger partial charge in [0.2, 0.25) is 4.77 Å². The third-order valence-corrected chi connectivity index (χ3v) is 6.57. The molecule has 6 nitrogen and oxygen atoms in total. The molecule has 0 bridgehead atoms. The van der Waals surface area contributed by atoms with Crippen molar-refractivity contribution >= 4 is 22.1 Å². The lowest BCUT2D eigenvalue weighted by atomic mass is 10.1. The number of aromatic amines is 1. The van der Waals surface area contributed by atoms with Crippen molar-refractivity contribution in [3.8, 4) is 11.4 Å². The molecule has 0 amide bonds. The molecule has 2 heterocycles. The van der Waals surface area contributed by atoms with Gasteiger partial charge >= 0.3 is 0 Å². The largest absolute Gasteiger partial charge is 0.283 e. The molecule has 0 unspecified atom stereocenters. The van der Waals surface area contributed by atoms with Crippen LogP contribution in [0.4, 0.5) is 0 Å². The van der Waals surface area contributed by atoms with Gasteiger partial charge in [-0.3, -0.25) is 10.00 Å². The van der Waals surface area contributed by atoms with Gasteiger partial charge < -0.3 is 0 Å². The van der Waals surface area contributed by atoms with Crippen LogP contribution in [0.3, 0.4) is 0 Å². The first-order chi connectivity index (χ1) is 11.4. The molecule has 1 saturated heterocycles. The number of H-pyrrole nitrogens is 1. The molecule has 0 aliphatic carbocycles. The quantitative estimate of drug-likeness (QED) is 0.822. The van der Waals surface area contributed by atoms with Gasteiger partial charge in [0.25, 0.3) is 0 Å². The van der Waals surface area contributed by atoms with Crippen molar-refractivity contribution < 1.29 is 8.42 Å². The molecule has 1 aliphatic heterocycles. The molecular formula is C16H22N4O2S2. The highest BCUT2D eigenvalue weighted by atomic mass is 32.2. The predicted molar refractivity (Wildman–Crippen MR) is 97.0 cm³/mol. The molecule has 1 aromatic carbocycles. The minimum atomic E-state index is -2.89. The zero-order valence-electron chi connectivity index (χ0n) is 13.9. The molecule has 0 saturated carbocycles. The van der Waals surface area contributed by atoms with E-state index in [1.807, 2.05) is 24.1 Å². The Bertz CT molecular complexity index is 868. The highest BCUT2D eigenvalue weighted by Crippen LogP contribution is 2.19.